The monoisotopic (exact) mass is 272 g/mol. The number of benzene rings is 1. The average molecular weight is 272 g/mol. The number of aromatic nitrogens is 2. The van der Waals surface area contributed by atoms with Gasteiger partial charge < -0.3 is 15.4 Å². The Hall–Kier alpha value is -2.21. The molecule has 6 nitrogen and oxygen atoms in total. The predicted octanol–water partition coefficient (Wildman–Crippen LogP) is 1.19. The van der Waals surface area contributed by atoms with E-state index < -0.39 is 0 Å². The van der Waals surface area contributed by atoms with Crippen LogP contribution in [-0.2, 0) is 4.74 Å². The van der Waals surface area contributed by atoms with Gasteiger partial charge in [0.1, 0.15) is 0 Å². The fraction of sp³-hybridized carbons (Fsp3) is 0.357. The Labute approximate surface area is 116 Å². The molecule has 0 radical (unpaired) electrons. The number of ether oxygens (including phenoxy) is 1. The molecule has 20 heavy (non-hydrogen) atoms. The number of fused-ring (bicyclic) bond motifs is 1. The van der Waals surface area contributed by atoms with Crippen molar-refractivity contribution in [1.82, 2.24) is 15.3 Å². The topological polar surface area (TPSA) is 76.1 Å². The number of carbonyl (C=O) groups is 1. The van der Waals surface area contributed by atoms with Crippen molar-refractivity contribution in [3.63, 3.8) is 0 Å². The third-order valence-corrected chi connectivity index (χ3v) is 3.40. The molecule has 1 aromatic heterocycles. The Bertz CT molecular complexity index is 638. The van der Waals surface area contributed by atoms with E-state index in [2.05, 4.69) is 20.6 Å². The molecule has 104 valence electrons. The number of methoxy groups -OCH3 is 1. The molecule has 0 spiro atoms. The van der Waals surface area contributed by atoms with Crippen molar-refractivity contribution in [2.75, 3.05) is 25.5 Å². The molecule has 0 saturated carbocycles. The zero-order chi connectivity index (χ0) is 13.9. The lowest BCUT2D eigenvalue weighted by Crippen LogP contribution is -2.23. The molecule has 0 unspecified atom stereocenters. The van der Waals surface area contributed by atoms with Crippen LogP contribution in [0, 0.1) is 0 Å². The highest BCUT2D eigenvalue weighted by atomic mass is 16.5. The van der Waals surface area contributed by atoms with Crippen molar-refractivity contribution in [2.45, 2.75) is 12.5 Å². The molecule has 2 N–H and O–H groups in total. The van der Waals surface area contributed by atoms with E-state index in [1.54, 1.807) is 18.3 Å². The summed E-state index contributed by atoms with van der Waals surface area (Å²) in [6.45, 7) is 1.93. The van der Waals surface area contributed by atoms with E-state index in [1.165, 1.54) is 7.11 Å². The highest BCUT2D eigenvalue weighted by molar-refractivity contribution is 5.94. The summed E-state index contributed by atoms with van der Waals surface area (Å²) in [7, 11) is 1.37. The second-order valence-corrected chi connectivity index (χ2v) is 4.79. The average Bonchev–Trinajstić information content (AvgIpc) is 2.98. The molecule has 2 heterocycles. The summed E-state index contributed by atoms with van der Waals surface area (Å²) in [5.74, 6) is 0.230. The summed E-state index contributed by atoms with van der Waals surface area (Å²) in [5.41, 5.74) is 1.23. The van der Waals surface area contributed by atoms with Crippen LogP contribution in [0.25, 0.3) is 10.9 Å². The minimum absolute atomic E-state index is 0.358. The molecule has 0 aliphatic carbocycles. The molecule has 6 heteroatoms. The van der Waals surface area contributed by atoms with E-state index in [1.807, 2.05) is 6.07 Å². The molecule has 0 bridgehead atoms. The zero-order valence-electron chi connectivity index (χ0n) is 11.2. The van der Waals surface area contributed by atoms with Crippen molar-refractivity contribution >= 4 is 22.8 Å². The van der Waals surface area contributed by atoms with Crippen LogP contribution in [0.5, 0.6) is 0 Å². The van der Waals surface area contributed by atoms with Gasteiger partial charge in [0.05, 0.1) is 18.2 Å². The number of rotatable bonds is 3. The SMILES string of the molecule is COC(=O)c1ccc2cnc(N[C@@H]3CCNC3)nc2c1. The van der Waals surface area contributed by atoms with Gasteiger partial charge in [0.2, 0.25) is 5.95 Å². The Balaban J connectivity index is 1.89. The lowest BCUT2D eigenvalue weighted by atomic mass is 10.1. The predicted molar refractivity (Wildman–Crippen MR) is 75.8 cm³/mol. The van der Waals surface area contributed by atoms with Crippen LogP contribution in [0.3, 0.4) is 0 Å². The van der Waals surface area contributed by atoms with Gasteiger partial charge in [0, 0.05) is 24.2 Å². The van der Waals surface area contributed by atoms with E-state index in [9.17, 15) is 4.79 Å². The molecule has 1 aliphatic rings. The zero-order valence-corrected chi connectivity index (χ0v) is 11.2. The molecule has 1 fully saturated rings. The van der Waals surface area contributed by atoms with Gasteiger partial charge in [-0.25, -0.2) is 14.8 Å². The van der Waals surface area contributed by atoms with Gasteiger partial charge in [-0.3, -0.25) is 0 Å². The molecule has 0 amide bonds. The van der Waals surface area contributed by atoms with Crippen molar-refractivity contribution in [3.8, 4) is 0 Å². The molecule has 1 aromatic carbocycles. The number of anilines is 1. The molecular formula is C14H16N4O2. The lowest BCUT2D eigenvalue weighted by molar-refractivity contribution is 0.0601. The molecule has 1 saturated heterocycles. The van der Waals surface area contributed by atoms with Crippen LogP contribution in [-0.4, -0.2) is 42.2 Å². The maximum absolute atomic E-state index is 11.5. The Morgan fingerprint density at radius 3 is 3.15 bits per heavy atom. The fourth-order valence-electron chi connectivity index (χ4n) is 2.30. The minimum atomic E-state index is -0.361. The summed E-state index contributed by atoms with van der Waals surface area (Å²) in [6.07, 6.45) is 2.82. The Kier molecular flexibility index (Phi) is 3.47. The van der Waals surface area contributed by atoms with Crippen LogP contribution in [0.2, 0.25) is 0 Å². The molecule has 1 aliphatic heterocycles. The van der Waals surface area contributed by atoms with Gasteiger partial charge in [-0.05, 0) is 25.1 Å². The van der Waals surface area contributed by atoms with Gasteiger partial charge in [0.25, 0.3) is 0 Å². The maximum atomic E-state index is 11.5. The Morgan fingerprint density at radius 2 is 2.40 bits per heavy atom. The standard InChI is InChI=1S/C14H16N4O2/c1-20-13(19)9-2-3-10-7-16-14(18-12(10)6-9)17-11-4-5-15-8-11/h2-3,6-7,11,15H,4-5,8H2,1H3,(H,16,17,18)/t11-/m1/s1. The number of carbonyl (C=O) groups excluding carboxylic acids is 1. The molecular weight excluding hydrogens is 256 g/mol. The van der Waals surface area contributed by atoms with E-state index >= 15 is 0 Å². The quantitative estimate of drug-likeness (QED) is 0.817. The summed E-state index contributed by atoms with van der Waals surface area (Å²) < 4.78 is 4.72. The van der Waals surface area contributed by atoms with E-state index in [0.29, 0.717) is 17.6 Å². The van der Waals surface area contributed by atoms with Gasteiger partial charge in [-0.15, -0.1) is 0 Å². The number of hydrogen-bond donors (Lipinski definition) is 2. The summed E-state index contributed by atoms with van der Waals surface area (Å²) >= 11 is 0. The molecule has 3 rings (SSSR count). The first-order valence-corrected chi connectivity index (χ1v) is 6.58. The smallest absolute Gasteiger partial charge is 0.337 e. The minimum Gasteiger partial charge on any atom is -0.465 e. The normalized spacial score (nSPS) is 18.1. The summed E-state index contributed by atoms with van der Waals surface area (Å²) in [5, 5.41) is 7.47. The van der Waals surface area contributed by atoms with E-state index in [-0.39, 0.29) is 5.97 Å². The van der Waals surface area contributed by atoms with Crippen molar-refractivity contribution in [1.29, 1.82) is 0 Å². The summed E-state index contributed by atoms with van der Waals surface area (Å²) in [6, 6.07) is 5.62. The lowest BCUT2D eigenvalue weighted by Gasteiger charge is -2.11. The van der Waals surface area contributed by atoms with Crippen LogP contribution in [0.15, 0.2) is 24.4 Å². The van der Waals surface area contributed by atoms with Gasteiger partial charge >= 0.3 is 5.97 Å². The van der Waals surface area contributed by atoms with E-state index in [4.69, 9.17) is 4.74 Å². The van der Waals surface area contributed by atoms with Crippen molar-refractivity contribution < 1.29 is 9.53 Å². The second-order valence-electron chi connectivity index (χ2n) is 4.79. The molecule has 2 aromatic rings. The van der Waals surface area contributed by atoms with Crippen LogP contribution in [0.1, 0.15) is 16.8 Å². The number of nitrogens with one attached hydrogen (secondary N) is 2. The van der Waals surface area contributed by atoms with Gasteiger partial charge in [-0.2, -0.15) is 0 Å². The third-order valence-electron chi connectivity index (χ3n) is 3.40. The Morgan fingerprint density at radius 1 is 1.50 bits per heavy atom. The first-order chi connectivity index (χ1) is 9.76. The maximum Gasteiger partial charge on any atom is 0.337 e. The highest BCUT2D eigenvalue weighted by Crippen LogP contribution is 2.16. The third kappa shape index (κ3) is 2.55. The van der Waals surface area contributed by atoms with Crippen LogP contribution in [0.4, 0.5) is 5.95 Å². The number of hydrogen-bond acceptors (Lipinski definition) is 6. The largest absolute Gasteiger partial charge is 0.465 e. The van der Waals surface area contributed by atoms with Gasteiger partial charge in [0.15, 0.2) is 0 Å². The van der Waals surface area contributed by atoms with Gasteiger partial charge in [-0.1, -0.05) is 6.07 Å². The first-order valence-electron chi connectivity index (χ1n) is 6.58. The van der Waals surface area contributed by atoms with Crippen LogP contribution < -0.4 is 10.6 Å². The van der Waals surface area contributed by atoms with Crippen molar-refractivity contribution in [3.05, 3.63) is 30.0 Å². The first kappa shape index (κ1) is 12.8. The van der Waals surface area contributed by atoms with E-state index in [0.717, 1.165) is 30.4 Å². The number of nitrogens with zero attached hydrogens (tertiary/aromatic N) is 2. The fourth-order valence-corrected chi connectivity index (χ4v) is 2.30. The van der Waals surface area contributed by atoms with Crippen molar-refractivity contribution in [2.24, 2.45) is 0 Å². The highest BCUT2D eigenvalue weighted by Gasteiger charge is 2.15. The second kappa shape index (κ2) is 5.42. The molecule has 1 atom stereocenters. The number of esters is 1. The van der Waals surface area contributed by atoms with Crippen LogP contribution >= 0.6 is 0 Å². The summed E-state index contributed by atoms with van der Waals surface area (Å²) in [4.78, 5) is 20.3.